The minimum absolute atomic E-state index is 0.0613. The van der Waals surface area contributed by atoms with Gasteiger partial charge in [0.25, 0.3) is 0 Å². The Kier molecular flexibility index (Phi) is 9.50. The molecule has 1 aliphatic rings. The Morgan fingerprint density at radius 1 is 0.969 bits per heavy atom. The van der Waals surface area contributed by atoms with Crippen molar-refractivity contribution in [1.29, 1.82) is 0 Å². The summed E-state index contributed by atoms with van der Waals surface area (Å²) in [6.07, 6.45) is -0.00622. The van der Waals surface area contributed by atoms with Crippen molar-refractivity contribution in [3.05, 3.63) is 29.6 Å². The van der Waals surface area contributed by atoms with Crippen LogP contribution in [0.1, 0.15) is 29.0 Å². The lowest BCUT2D eigenvalue weighted by Crippen LogP contribution is -2.47. The average Bonchev–Trinajstić information content (AvgIpc) is 2.80. The van der Waals surface area contributed by atoms with Crippen molar-refractivity contribution in [1.82, 2.24) is 19.7 Å². The number of carboxylic acid groups (broad SMARTS) is 3. The molecule has 5 N–H and O–H groups in total. The van der Waals surface area contributed by atoms with E-state index >= 15 is 0 Å². The topological polar surface area (TPSA) is 178 Å². The second kappa shape index (κ2) is 12.1. The van der Waals surface area contributed by atoms with Gasteiger partial charge < -0.3 is 21.1 Å². The second-order valence-electron chi connectivity index (χ2n) is 7.66. The van der Waals surface area contributed by atoms with Gasteiger partial charge in [0.1, 0.15) is 11.7 Å². The molecule has 1 fully saturated rings. The first-order chi connectivity index (χ1) is 15.2. The van der Waals surface area contributed by atoms with E-state index in [1.165, 1.54) is 6.07 Å². The van der Waals surface area contributed by atoms with E-state index < -0.39 is 29.9 Å². The Bertz CT molecular complexity index is 834. The standard InChI is InChI=1S/C20H29N5O7/c21-17(26)5-4-16(20(31)32)25-10-8-23(6-7-24(9-11-25)13-18(27)28)12-14-2-1-3-15(22-14)19(29)30/h1-3,16H,4-13H2,(H2,21,26)(H,27,28)(H,29,30)(H,31,32). The van der Waals surface area contributed by atoms with Gasteiger partial charge in [-0.1, -0.05) is 6.07 Å². The third-order valence-corrected chi connectivity index (χ3v) is 5.30. The molecule has 0 bridgehead atoms. The summed E-state index contributed by atoms with van der Waals surface area (Å²) in [5.41, 5.74) is 5.66. The van der Waals surface area contributed by atoms with E-state index in [-0.39, 0.29) is 25.1 Å². The zero-order valence-electron chi connectivity index (χ0n) is 17.7. The summed E-state index contributed by atoms with van der Waals surface area (Å²) in [6.45, 7) is 2.59. The molecule has 176 valence electrons. The molecule has 2 rings (SSSR count). The number of carbonyl (C=O) groups excluding carboxylic acids is 1. The molecule has 0 saturated carbocycles. The number of hydrogen-bond donors (Lipinski definition) is 4. The number of nitrogens with zero attached hydrogens (tertiary/aromatic N) is 4. The number of carboxylic acids is 3. The first kappa shape index (κ1) is 25.2. The fraction of sp³-hybridized carbons (Fsp3) is 0.550. The molecule has 1 aromatic heterocycles. The minimum atomic E-state index is -1.13. The van der Waals surface area contributed by atoms with Crippen LogP contribution in [0.4, 0.5) is 0 Å². The number of rotatable bonds is 10. The monoisotopic (exact) mass is 451 g/mol. The molecule has 1 amide bonds. The SMILES string of the molecule is NC(=O)CCC(C(=O)O)N1CCN(CC(=O)O)CCN(Cc2cccc(C(=O)O)n2)CC1. The molecule has 1 aromatic rings. The van der Waals surface area contributed by atoms with Crippen molar-refractivity contribution in [2.24, 2.45) is 5.73 Å². The van der Waals surface area contributed by atoms with Crippen molar-refractivity contribution in [2.75, 3.05) is 45.8 Å². The lowest BCUT2D eigenvalue weighted by atomic mass is 10.1. The summed E-state index contributed by atoms with van der Waals surface area (Å²) in [5.74, 6) is -3.77. The zero-order chi connectivity index (χ0) is 23.7. The van der Waals surface area contributed by atoms with Crippen LogP contribution in [0.5, 0.6) is 0 Å². The van der Waals surface area contributed by atoms with E-state index in [0.29, 0.717) is 51.5 Å². The number of pyridine rings is 1. The number of aromatic nitrogens is 1. The molecule has 12 heteroatoms. The molecule has 1 saturated heterocycles. The highest BCUT2D eigenvalue weighted by Gasteiger charge is 2.28. The van der Waals surface area contributed by atoms with Crippen LogP contribution in [0.3, 0.4) is 0 Å². The fourth-order valence-electron chi connectivity index (χ4n) is 3.63. The molecular formula is C20H29N5O7. The predicted octanol–water partition coefficient (Wildman–Crippen LogP) is -0.997. The molecule has 0 aliphatic carbocycles. The maximum Gasteiger partial charge on any atom is 0.354 e. The van der Waals surface area contributed by atoms with Crippen LogP contribution in [0.15, 0.2) is 18.2 Å². The van der Waals surface area contributed by atoms with Crippen LogP contribution in [0, 0.1) is 0 Å². The Hall–Kier alpha value is -3.09. The van der Waals surface area contributed by atoms with E-state index in [9.17, 15) is 29.4 Å². The number of amides is 1. The van der Waals surface area contributed by atoms with E-state index in [2.05, 4.69) is 4.98 Å². The Morgan fingerprint density at radius 2 is 1.59 bits per heavy atom. The van der Waals surface area contributed by atoms with Crippen molar-refractivity contribution in [3.63, 3.8) is 0 Å². The van der Waals surface area contributed by atoms with Gasteiger partial charge in [0.05, 0.1) is 12.2 Å². The molecule has 0 radical (unpaired) electrons. The molecule has 12 nitrogen and oxygen atoms in total. The molecular weight excluding hydrogens is 422 g/mol. The molecule has 0 aromatic carbocycles. The van der Waals surface area contributed by atoms with E-state index in [1.54, 1.807) is 21.9 Å². The van der Waals surface area contributed by atoms with E-state index in [0.717, 1.165) is 0 Å². The smallest absolute Gasteiger partial charge is 0.354 e. The van der Waals surface area contributed by atoms with E-state index in [4.69, 9.17) is 10.8 Å². The zero-order valence-corrected chi connectivity index (χ0v) is 17.7. The lowest BCUT2D eigenvalue weighted by Gasteiger charge is -2.30. The van der Waals surface area contributed by atoms with Gasteiger partial charge in [-0.05, 0) is 18.6 Å². The fourth-order valence-corrected chi connectivity index (χ4v) is 3.63. The van der Waals surface area contributed by atoms with Crippen molar-refractivity contribution in [3.8, 4) is 0 Å². The summed E-state index contributed by atoms with van der Waals surface area (Å²) < 4.78 is 0. The highest BCUT2D eigenvalue weighted by Crippen LogP contribution is 2.12. The van der Waals surface area contributed by atoms with Gasteiger partial charge in [0.15, 0.2) is 0 Å². The largest absolute Gasteiger partial charge is 0.480 e. The average molecular weight is 451 g/mol. The number of hydrogen-bond acceptors (Lipinski definition) is 8. The first-order valence-corrected chi connectivity index (χ1v) is 10.3. The normalized spacial score (nSPS) is 17.6. The van der Waals surface area contributed by atoms with Gasteiger partial charge >= 0.3 is 17.9 Å². The molecule has 0 spiro atoms. The summed E-state index contributed by atoms with van der Waals surface area (Å²) in [7, 11) is 0. The number of primary amides is 1. The van der Waals surface area contributed by atoms with Crippen molar-refractivity contribution >= 4 is 23.8 Å². The Labute approximate surface area is 185 Å². The number of carbonyl (C=O) groups is 4. The summed E-state index contributed by atoms with van der Waals surface area (Å²) in [4.78, 5) is 55.0. The highest BCUT2D eigenvalue weighted by molar-refractivity contribution is 5.85. The Balaban J connectivity index is 2.19. The van der Waals surface area contributed by atoms with Crippen molar-refractivity contribution < 1.29 is 34.5 Å². The van der Waals surface area contributed by atoms with Crippen molar-refractivity contribution in [2.45, 2.75) is 25.4 Å². The molecule has 32 heavy (non-hydrogen) atoms. The second-order valence-corrected chi connectivity index (χ2v) is 7.66. The molecule has 2 heterocycles. The maximum atomic E-state index is 11.8. The molecule has 1 atom stereocenters. The summed E-state index contributed by atoms with van der Waals surface area (Å²) >= 11 is 0. The van der Waals surface area contributed by atoms with Gasteiger partial charge in [0, 0.05) is 52.2 Å². The third kappa shape index (κ3) is 8.21. The van der Waals surface area contributed by atoms with Crippen LogP contribution >= 0.6 is 0 Å². The molecule has 1 unspecified atom stereocenters. The quantitative estimate of drug-likeness (QED) is 0.343. The van der Waals surface area contributed by atoms with Crippen LogP contribution in [0.2, 0.25) is 0 Å². The number of aromatic carboxylic acids is 1. The van der Waals surface area contributed by atoms with Gasteiger partial charge in [0.2, 0.25) is 5.91 Å². The highest BCUT2D eigenvalue weighted by atomic mass is 16.4. The van der Waals surface area contributed by atoms with Gasteiger partial charge in [-0.25, -0.2) is 9.78 Å². The van der Waals surface area contributed by atoms with Gasteiger partial charge in [-0.3, -0.25) is 29.1 Å². The summed E-state index contributed by atoms with van der Waals surface area (Å²) in [6, 6.07) is 3.79. The van der Waals surface area contributed by atoms with Crippen LogP contribution in [0.25, 0.3) is 0 Å². The number of nitrogens with two attached hydrogens (primary N) is 1. The maximum absolute atomic E-state index is 11.8. The predicted molar refractivity (Wildman–Crippen MR) is 112 cm³/mol. The van der Waals surface area contributed by atoms with Gasteiger partial charge in [-0.15, -0.1) is 0 Å². The molecule has 1 aliphatic heterocycles. The first-order valence-electron chi connectivity index (χ1n) is 10.3. The number of aliphatic carboxylic acids is 2. The summed E-state index contributed by atoms with van der Waals surface area (Å²) in [5, 5.41) is 28.1. The van der Waals surface area contributed by atoms with Crippen LogP contribution in [-0.4, -0.2) is 111 Å². The lowest BCUT2D eigenvalue weighted by molar-refractivity contribution is -0.144. The third-order valence-electron chi connectivity index (χ3n) is 5.30. The van der Waals surface area contributed by atoms with E-state index in [1.807, 2.05) is 4.90 Å². The Morgan fingerprint density at radius 3 is 2.19 bits per heavy atom. The minimum Gasteiger partial charge on any atom is -0.480 e. The van der Waals surface area contributed by atoms with Crippen LogP contribution < -0.4 is 5.73 Å². The van der Waals surface area contributed by atoms with Gasteiger partial charge in [-0.2, -0.15) is 0 Å². The van der Waals surface area contributed by atoms with Crippen LogP contribution in [-0.2, 0) is 20.9 Å².